The summed E-state index contributed by atoms with van der Waals surface area (Å²) in [5, 5.41) is 35.7. The van der Waals surface area contributed by atoms with Crippen LogP contribution in [0, 0.1) is 11.3 Å². The molecule has 0 amide bonds. The van der Waals surface area contributed by atoms with E-state index in [4.69, 9.17) is 29.0 Å². The zero-order valence-electron chi connectivity index (χ0n) is 35.1. The second-order valence-electron chi connectivity index (χ2n) is 16.1. The third-order valence-corrected chi connectivity index (χ3v) is 11.7. The molecular weight excluding hydrogens is 761 g/mol. The summed E-state index contributed by atoms with van der Waals surface area (Å²) in [5.74, 6) is 1.05. The molecule has 0 bridgehead atoms. The molecule has 1 saturated heterocycles. The molecule has 6 atom stereocenters. The molecular formula is C43H68N5O9P. The van der Waals surface area contributed by atoms with Crippen LogP contribution in [0.4, 0.5) is 5.82 Å². The van der Waals surface area contributed by atoms with E-state index in [1.165, 1.54) is 101 Å². The van der Waals surface area contributed by atoms with E-state index < -0.39 is 44.4 Å². The minimum atomic E-state index is -4.70. The lowest BCUT2D eigenvalue weighted by atomic mass is 9.97. The number of nitrogens with zero attached hydrogens (tertiary/aromatic N) is 4. The molecule has 3 aromatic rings. The normalized spacial score (nSPS) is 21.0. The number of rotatable bonds is 29. The van der Waals surface area contributed by atoms with Crippen molar-refractivity contribution < 1.29 is 42.9 Å². The summed E-state index contributed by atoms with van der Waals surface area (Å²) in [6.07, 6.45) is 18.5. The van der Waals surface area contributed by atoms with Crippen molar-refractivity contribution in [3.05, 3.63) is 47.9 Å². The number of hydrogen-bond donors (Lipinski definition) is 4. The number of aliphatic hydroxyl groups excluding tert-OH is 2. The van der Waals surface area contributed by atoms with E-state index in [2.05, 4.69) is 23.1 Å². The largest absolute Gasteiger partial charge is 0.489 e. The molecule has 3 heterocycles. The average molecular weight is 830 g/mol. The summed E-state index contributed by atoms with van der Waals surface area (Å²) in [4.78, 5) is 14.7. The van der Waals surface area contributed by atoms with Crippen molar-refractivity contribution in [1.29, 1.82) is 5.26 Å². The van der Waals surface area contributed by atoms with Gasteiger partial charge in [0.05, 0.1) is 30.6 Å². The zero-order valence-corrected chi connectivity index (χ0v) is 36.0. The van der Waals surface area contributed by atoms with Gasteiger partial charge in [-0.15, -0.1) is 0 Å². The number of benzene rings is 1. The van der Waals surface area contributed by atoms with Gasteiger partial charge in [-0.1, -0.05) is 110 Å². The number of fused-ring (bicyclic) bond motifs is 1. The van der Waals surface area contributed by atoms with Gasteiger partial charge in [-0.05, 0) is 57.9 Å². The van der Waals surface area contributed by atoms with Crippen molar-refractivity contribution in [3.63, 3.8) is 0 Å². The fourth-order valence-electron chi connectivity index (χ4n) is 7.41. The molecule has 15 heteroatoms. The van der Waals surface area contributed by atoms with Gasteiger partial charge in [0.1, 0.15) is 59.4 Å². The molecule has 0 radical (unpaired) electrons. The third-order valence-electron chi connectivity index (χ3n) is 10.8. The topological polar surface area (TPSA) is 204 Å². The molecule has 58 heavy (non-hydrogen) atoms. The van der Waals surface area contributed by atoms with Gasteiger partial charge in [0, 0.05) is 6.07 Å². The van der Waals surface area contributed by atoms with Crippen molar-refractivity contribution >= 4 is 19.2 Å². The Balaban J connectivity index is 1.25. The standard InChI is InChI=1S/C43H68N5O9P/c1-5-6-7-8-9-10-11-12-13-14-15-16-17-18-19-20-21-22-35(56-34-24-23-33(28-44)38(27-34)55-32(2)3)29-53-58(51,52)54-30-43(4)41(50)39(49)40(57-43)36-25-26-37-42(45)46-31-47-48(36)37/h23-27,31-32,35,39-41,49-50H,5-22,29-30H2,1-4H3,(H,51,52)(H2,45,46,47)/t35-,39+,40+,41+,43-/m1/s1. The highest BCUT2D eigenvalue weighted by Gasteiger charge is 2.53. The van der Waals surface area contributed by atoms with Crippen molar-refractivity contribution in [2.24, 2.45) is 0 Å². The molecule has 4 rings (SSSR count). The predicted molar refractivity (Wildman–Crippen MR) is 223 cm³/mol. The Morgan fingerprint density at radius 3 is 2.10 bits per heavy atom. The number of anilines is 1. The molecule has 1 fully saturated rings. The fraction of sp³-hybridized carbons (Fsp3) is 0.698. The first-order valence-electron chi connectivity index (χ1n) is 21.5. The number of hydrogen-bond acceptors (Lipinski definition) is 12. The molecule has 2 aromatic heterocycles. The molecule has 14 nitrogen and oxygen atoms in total. The number of nitrogen functional groups attached to an aromatic ring is 1. The van der Waals surface area contributed by atoms with Crippen LogP contribution in [-0.4, -0.2) is 72.9 Å². The summed E-state index contributed by atoms with van der Waals surface area (Å²) in [5.41, 5.74) is 5.66. The Morgan fingerprint density at radius 1 is 0.914 bits per heavy atom. The minimum Gasteiger partial charge on any atom is -0.489 e. The third kappa shape index (κ3) is 14.8. The summed E-state index contributed by atoms with van der Waals surface area (Å²) < 4.78 is 43.7. The molecule has 324 valence electrons. The Morgan fingerprint density at radius 2 is 1.52 bits per heavy atom. The quantitative estimate of drug-likeness (QED) is 0.0381. The molecule has 1 unspecified atom stereocenters. The fourth-order valence-corrected chi connectivity index (χ4v) is 8.26. The van der Waals surface area contributed by atoms with Crippen LogP contribution in [-0.2, 0) is 18.3 Å². The Kier molecular flexibility index (Phi) is 19.7. The SMILES string of the molecule is CCCCCCCCCCCCCCCCCCC[C@H](COP(=O)(O)OC[C@@]1(C)O[C@@H](c2ccc3c(N)ncnn23)[C@H](O)[C@@H]1O)Oc1ccc(C#N)c(OC(C)C)c1. The second-order valence-corrected chi connectivity index (χ2v) is 17.6. The number of unbranched alkanes of at least 4 members (excludes halogenated alkanes) is 16. The van der Waals surface area contributed by atoms with Crippen LogP contribution in [0.1, 0.15) is 161 Å². The van der Waals surface area contributed by atoms with Crippen LogP contribution in [0.2, 0.25) is 0 Å². The number of nitriles is 1. The van der Waals surface area contributed by atoms with Crippen LogP contribution in [0.15, 0.2) is 36.7 Å². The van der Waals surface area contributed by atoms with Gasteiger partial charge in [0.2, 0.25) is 0 Å². The molecule has 1 aromatic carbocycles. The Bertz CT molecular complexity index is 1750. The van der Waals surface area contributed by atoms with Gasteiger partial charge in [-0.3, -0.25) is 9.05 Å². The van der Waals surface area contributed by atoms with E-state index in [9.17, 15) is 24.9 Å². The van der Waals surface area contributed by atoms with Crippen LogP contribution in [0.5, 0.6) is 11.5 Å². The van der Waals surface area contributed by atoms with E-state index >= 15 is 0 Å². The van der Waals surface area contributed by atoms with Gasteiger partial charge in [0.15, 0.2) is 5.82 Å². The number of aromatic nitrogens is 3. The van der Waals surface area contributed by atoms with Gasteiger partial charge < -0.3 is 35.1 Å². The monoisotopic (exact) mass is 829 g/mol. The number of aliphatic hydroxyl groups is 2. The summed E-state index contributed by atoms with van der Waals surface area (Å²) >= 11 is 0. The first kappa shape index (κ1) is 47.4. The first-order chi connectivity index (χ1) is 27.9. The number of nitrogens with two attached hydrogens (primary N) is 1. The van der Waals surface area contributed by atoms with Gasteiger partial charge in [-0.2, -0.15) is 10.4 Å². The molecule has 0 saturated carbocycles. The summed E-state index contributed by atoms with van der Waals surface area (Å²) in [6.45, 7) is 6.64. The van der Waals surface area contributed by atoms with Crippen LogP contribution in [0.3, 0.4) is 0 Å². The Labute approximate surface area is 345 Å². The molecule has 5 N–H and O–H groups in total. The maximum atomic E-state index is 13.2. The Hall–Kier alpha value is -3.28. The average Bonchev–Trinajstić information content (AvgIpc) is 3.72. The van der Waals surface area contributed by atoms with Crippen LogP contribution < -0.4 is 15.2 Å². The lowest BCUT2D eigenvalue weighted by molar-refractivity contribution is -0.0999. The minimum absolute atomic E-state index is 0.162. The number of phosphoric acid groups is 1. The predicted octanol–water partition coefficient (Wildman–Crippen LogP) is 9.15. The highest BCUT2D eigenvalue weighted by atomic mass is 31.2. The smallest absolute Gasteiger partial charge is 0.472 e. The molecule has 0 spiro atoms. The highest BCUT2D eigenvalue weighted by Crippen LogP contribution is 2.48. The van der Waals surface area contributed by atoms with Gasteiger partial charge >= 0.3 is 7.82 Å². The van der Waals surface area contributed by atoms with Crippen molar-refractivity contribution in [1.82, 2.24) is 14.6 Å². The lowest BCUT2D eigenvalue weighted by Gasteiger charge is -2.28. The number of phosphoric ester groups is 1. The van der Waals surface area contributed by atoms with Crippen molar-refractivity contribution in [3.8, 4) is 17.6 Å². The zero-order chi connectivity index (χ0) is 42.0. The summed E-state index contributed by atoms with van der Waals surface area (Å²) in [6, 6.07) is 10.4. The van der Waals surface area contributed by atoms with E-state index in [0.717, 1.165) is 25.7 Å². The van der Waals surface area contributed by atoms with E-state index in [1.54, 1.807) is 30.3 Å². The maximum Gasteiger partial charge on any atom is 0.472 e. The molecule has 1 aliphatic heterocycles. The first-order valence-corrected chi connectivity index (χ1v) is 23.0. The number of ether oxygens (including phenoxy) is 3. The van der Waals surface area contributed by atoms with E-state index in [1.807, 2.05) is 13.8 Å². The van der Waals surface area contributed by atoms with Gasteiger partial charge in [0.25, 0.3) is 0 Å². The van der Waals surface area contributed by atoms with Gasteiger partial charge in [-0.25, -0.2) is 14.1 Å². The summed E-state index contributed by atoms with van der Waals surface area (Å²) in [7, 11) is -4.70. The van der Waals surface area contributed by atoms with Crippen molar-refractivity contribution in [2.75, 3.05) is 18.9 Å². The second kappa shape index (κ2) is 24.1. The maximum absolute atomic E-state index is 13.2. The highest BCUT2D eigenvalue weighted by molar-refractivity contribution is 7.47. The molecule has 0 aliphatic carbocycles. The van der Waals surface area contributed by atoms with Crippen LogP contribution >= 0.6 is 7.82 Å². The lowest BCUT2D eigenvalue weighted by Crippen LogP contribution is -2.44. The van der Waals surface area contributed by atoms with Crippen molar-refractivity contribution in [2.45, 2.75) is 179 Å². The van der Waals surface area contributed by atoms with E-state index in [0.29, 0.717) is 34.7 Å². The molecule has 1 aliphatic rings. The van der Waals surface area contributed by atoms with E-state index in [-0.39, 0.29) is 18.5 Å². The van der Waals surface area contributed by atoms with Crippen LogP contribution in [0.25, 0.3) is 5.52 Å².